The van der Waals surface area contributed by atoms with Crippen LogP contribution >= 0.6 is 0 Å². The SMILES string of the molecule is CCOC(=O)C1CCC(CC(=O)c2ccc(O)cc2O)CC1. The zero-order chi connectivity index (χ0) is 16.1. The number of ketones is 1. The Balaban J connectivity index is 1.88. The lowest BCUT2D eigenvalue weighted by Gasteiger charge is -2.26. The van der Waals surface area contributed by atoms with E-state index in [1.165, 1.54) is 18.2 Å². The molecule has 2 N–H and O–H groups in total. The molecule has 5 heteroatoms. The maximum atomic E-state index is 12.2. The van der Waals surface area contributed by atoms with Crippen LogP contribution in [0.25, 0.3) is 0 Å². The van der Waals surface area contributed by atoms with E-state index in [1.54, 1.807) is 6.92 Å². The number of rotatable bonds is 5. The van der Waals surface area contributed by atoms with Gasteiger partial charge in [0.2, 0.25) is 0 Å². The molecule has 0 aromatic heterocycles. The third-order valence-corrected chi connectivity index (χ3v) is 4.22. The molecule has 0 unspecified atom stereocenters. The van der Waals surface area contributed by atoms with Gasteiger partial charge in [-0.05, 0) is 50.7 Å². The molecule has 22 heavy (non-hydrogen) atoms. The van der Waals surface area contributed by atoms with Crippen LogP contribution in [-0.4, -0.2) is 28.6 Å². The van der Waals surface area contributed by atoms with Crippen molar-refractivity contribution in [3.8, 4) is 11.5 Å². The second kappa shape index (κ2) is 7.29. The molecule has 0 atom stereocenters. The van der Waals surface area contributed by atoms with Crippen LogP contribution in [0.1, 0.15) is 49.4 Å². The molecule has 2 rings (SSSR count). The number of aromatic hydroxyl groups is 2. The van der Waals surface area contributed by atoms with Crippen LogP contribution in [0.5, 0.6) is 11.5 Å². The number of carbonyl (C=O) groups is 2. The normalized spacial score (nSPS) is 21.3. The lowest BCUT2D eigenvalue weighted by atomic mass is 9.79. The fourth-order valence-electron chi connectivity index (χ4n) is 2.99. The van der Waals surface area contributed by atoms with E-state index < -0.39 is 0 Å². The molecule has 1 aromatic rings. The third kappa shape index (κ3) is 4.00. The number of phenolic OH excluding ortho intramolecular Hbond substituents is 2. The average molecular weight is 306 g/mol. The molecular weight excluding hydrogens is 284 g/mol. The van der Waals surface area contributed by atoms with Crippen LogP contribution in [0.3, 0.4) is 0 Å². The van der Waals surface area contributed by atoms with E-state index in [1.807, 2.05) is 0 Å². The van der Waals surface area contributed by atoms with Crippen molar-refractivity contribution in [3.05, 3.63) is 23.8 Å². The number of hydrogen-bond acceptors (Lipinski definition) is 5. The monoisotopic (exact) mass is 306 g/mol. The molecule has 0 bridgehead atoms. The highest BCUT2D eigenvalue weighted by Gasteiger charge is 2.28. The predicted molar refractivity (Wildman–Crippen MR) is 80.8 cm³/mol. The van der Waals surface area contributed by atoms with E-state index in [-0.39, 0.29) is 40.7 Å². The predicted octanol–water partition coefficient (Wildman–Crippen LogP) is 3.04. The van der Waals surface area contributed by atoms with Gasteiger partial charge in [-0.2, -0.15) is 0 Å². The second-order valence-corrected chi connectivity index (χ2v) is 5.80. The largest absolute Gasteiger partial charge is 0.508 e. The first-order chi connectivity index (χ1) is 10.5. The quantitative estimate of drug-likeness (QED) is 0.645. The van der Waals surface area contributed by atoms with Crippen molar-refractivity contribution >= 4 is 11.8 Å². The number of benzene rings is 1. The molecule has 0 aliphatic heterocycles. The minimum atomic E-state index is -0.190. The van der Waals surface area contributed by atoms with Crippen LogP contribution in [0.15, 0.2) is 18.2 Å². The highest BCUT2D eigenvalue weighted by Crippen LogP contribution is 2.33. The maximum Gasteiger partial charge on any atom is 0.308 e. The number of ether oxygens (including phenoxy) is 1. The molecule has 0 radical (unpaired) electrons. The van der Waals surface area contributed by atoms with Crippen LogP contribution in [0.2, 0.25) is 0 Å². The van der Waals surface area contributed by atoms with Crippen molar-refractivity contribution in [2.75, 3.05) is 6.61 Å². The smallest absolute Gasteiger partial charge is 0.308 e. The van der Waals surface area contributed by atoms with Crippen molar-refractivity contribution in [2.45, 2.75) is 39.0 Å². The fourth-order valence-corrected chi connectivity index (χ4v) is 2.99. The minimum absolute atomic E-state index is 0.0478. The van der Waals surface area contributed by atoms with Crippen molar-refractivity contribution in [1.82, 2.24) is 0 Å². The standard InChI is InChI=1S/C17H22O5/c1-2-22-17(21)12-5-3-11(4-6-12)9-15(19)14-8-7-13(18)10-16(14)20/h7-8,10-12,18,20H,2-6,9H2,1H3. The molecule has 0 heterocycles. The third-order valence-electron chi connectivity index (χ3n) is 4.22. The average Bonchev–Trinajstić information content (AvgIpc) is 2.48. The van der Waals surface area contributed by atoms with Gasteiger partial charge in [-0.15, -0.1) is 0 Å². The van der Waals surface area contributed by atoms with Crippen LogP contribution in [0, 0.1) is 11.8 Å². The van der Waals surface area contributed by atoms with E-state index in [9.17, 15) is 19.8 Å². The summed E-state index contributed by atoms with van der Waals surface area (Å²) in [5.74, 6) is -0.338. The first kappa shape index (κ1) is 16.3. The molecule has 1 saturated carbocycles. The Morgan fingerprint density at radius 1 is 1.18 bits per heavy atom. The molecular formula is C17H22O5. The van der Waals surface area contributed by atoms with Gasteiger partial charge in [0.25, 0.3) is 0 Å². The topological polar surface area (TPSA) is 83.8 Å². The second-order valence-electron chi connectivity index (χ2n) is 5.80. The molecule has 1 aliphatic rings. The highest BCUT2D eigenvalue weighted by atomic mass is 16.5. The summed E-state index contributed by atoms with van der Waals surface area (Å²) >= 11 is 0. The van der Waals surface area contributed by atoms with Gasteiger partial charge in [-0.1, -0.05) is 0 Å². The molecule has 1 fully saturated rings. The summed E-state index contributed by atoms with van der Waals surface area (Å²) in [4.78, 5) is 23.9. The fraction of sp³-hybridized carbons (Fsp3) is 0.529. The zero-order valence-corrected chi connectivity index (χ0v) is 12.7. The van der Waals surface area contributed by atoms with E-state index in [2.05, 4.69) is 0 Å². The Morgan fingerprint density at radius 3 is 2.45 bits per heavy atom. The molecule has 0 saturated heterocycles. The van der Waals surface area contributed by atoms with Gasteiger partial charge in [0, 0.05) is 12.5 Å². The molecule has 120 valence electrons. The van der Waals surface area contributed by atoms with Gasteiger partial charge in [0.05, 0.1) is 18.1 Å². The lowest BCUT2D eigenvalue weighted by molar-refractivity contribution is -0.149. The summed E-state index contributed by atoms with van der Waals surface area (Å²) < 4.78 is 5.03. The Bertz CT molecular complexity index is 544. The molecule has 0 amide bonds. The first-order valence-electron chi connectivity index (χ1n) is 7.73. The summed E-state index contributed by atoms with van der Waals surface area (Å²) in [5.41, 5.74) is 0.241. The Hall–Kier alpha value is -2.04. The first-order valence-corrected chi connectivity index (χ1v) is 7.73. The zero-order valence-electron chi connectivity index (χ0n) is 12.7. The van der Waals surface area contributed by atoms with E-state index >= 15 is 0 Å². The lowest BCUT2D eigenvalue weighted by Crippen LogP contribution is -2.24. The van der Waals surface area contributed by atoms with Gasteiger partial charge < -0.3 is 14.9 Å². The van der Waals surface area contributed by atoms with Crippen molar-refractivity contribution in [2.24, 2.45) is 11.8 Å². The Morgan fingerprint density at radius 2 is 1.86 bits per heavy atom. The van der Waals surface area contributed by atoms with Crippen molar-refractivity contribution < 1.29 is 24.5 Å². The number of carbonyl (C=O) groups excluding carboxylic acids is 2. The van der Waals surface area contributed by atoms with Gasteiger partial charge in [0.1, 0.15) is 11.5 Å². The molecule has 0 spiro atoms. The number of hydrogen-bond donors (Lipinski definition) is 2. The van der Waals surface area contributed by atoms with Gasteiger partial charge in [-0.25, -0.2) is 0 Å². The van der Waals surface area contributed by atoms with Crippen molar-refractivity contribution in [1.29, 1.82) is 0 Å². The summed E-state index contributed by atoms with van der Waals surface area (Å²) in [7, 11) is 0. The highest BCUT2D eigenvalue weighted by molar-refractivity contribution is 5.98. The van der Waals surface area contributed by atoms with Crippen LogP contribution < -0.4 is 0 Å². The number of phenols is 2. The Kier molecular flexibility index (Phi) is 5.41. The minimum Gasteiger partial charge on any atom is -0.508 e. The van der Waals surface area contributed by atoms with E-state index in [0.717, 1.165) is 25.7 Å². The van der Waals surface area contributed by atoms with Gasteiger partial charge in [-0.3, -0.25) is 9.59 Å². The van der Waals surface area contributed by atoms with Crippen molar-refractivity contribution in [3.63, 3.8) is 0 Å². The van der Waals surface area contributed by atoms with Crippen LogP contribution in [-0.2, 0) is 9.53 Å². The van der Waals surface area contributed by atoms with Gasteiger partial charge in [0.15, 0.2) is 5.78 Å². The molecule has 1 aliphatic carbocycles. The molecule has 1 aromatic carbocycles. The summed E-state index contributed by atoms with van der Waals surface area (Å²) in [6, 6.07) is 4.01. The molecule has 5 nitrogen and oxygen atoms in total. The Labute approximate surface area is 129 Å². The van der Waals surface area contributed by atoms with Gasteiger partial charge >= 0.3 is 5.97 Å². The summed E-state index contributed by atoms with van der Waals surface area (Å²) in [5, 5.41) is 19.0. The maximum absolute atomic E-state index is 12.2. The number of esters is 1. The summed E-state index contributed by atoms with van der Waals surface area (Å²) in [6.07, 6.45) is 3.48. The van der Waals surface area contributed by atoms with E-state index in [0.29, 0.717) is 13.0 Å². The van der Waals surface area contributed by atoms with E-state index in [4.69, 9.17) is 4.74 Å². The number of Topliss-reactive ketones (excluding diaryl/α,β-unsaturated/α-hetero) is 1. The summed E-state index contributed by atoms with van der Waals surface area (Å²) in [6.45, 7) is 2.20. The van der Waals surface area contributed by atoms with Crippen LogP contribution in [0.4, 0.5) is 0 Å².